The van der Waals surface area contributed by atoms with Gasteiger partial charge in [0.05, 0.1) is 18.8 Å². The molecule has 2 aromatic rings. The Morgan fingerprint density at radius 3 is 2.68 bits per heavy atom. The average molecular weight is 269 g/mol. The summed E-state index contributed by atoms with van der Waals surface area (Å²) in [6, 6.07) is 9.13. The Bertz CT molecular complexity index is 517. The molecule has 1 aromatic carbocycles. The van der Waals surface area contributed by atoms with Crippen molar-refractivity contribution in [1.82, 2.24) is 25.5 Å². The second-order valence-corrected chi connectivity index (χ2v) is 3.96. The van der Waals surface area contributed by atoms with Crippen LogP contribution < -0.4 is 5.32 Å². The van der Waals surface area contributed by atoms with Crippen molar-refractivity contribution in [2.75, 3.05) is 13.2 Å². The Hall–Kier alpha value is -1.93. The van der Waals surface area contributed by atoms with E-state index in [1.54, 1.807) is 0 Å². The molecule has 1 heterocycles. The van der Waals surface area contributed by atoms with Crippen molar-refractivity contribution in [3.63, 3.8) is 0 Å². The highest BCUT2D eigenvalue weighted by Crippen LogP contribution is 2.11. The maximum Gasteiger partial charge on any atom is 0.282 e. The maximum absolute atomic E-state index is 12.8. The minimum atomic E-state index is -3.15. The first-order chi connectivity index (χ1) is 9.12. The first-order valence-corrected chi connectivity index (χ1v) is 5.64. The molecule has 6 nitrogen and oxygen atoms in total. The largest absolute Gasteiger partial charge is 0.390 e. The molecule has 0 atom stereocenters. The first kappa shape index (κ1) is 13.5. The van der Waals surface area contributed by atoms with E-state index in [0.717, 1.165) is 5.69 Å². The second kappa shape index (κ2) is 5.81. The maximum atomic E-state index is 12.8. The molecule has 2 N–H and O–H groups in total. The van der Waals surface area contributed by atoms with Gasteiger partial charge in [-0.25, -0.2) is 8.78 Å². The number of rotatable bonds is 6. The van der Waals surface area contributed by atoms with Crippen molar-refractivity contribution in [2.45, 2.75) is 12.5 Å². The van der Waals surface area contributed by atoms with Crippen LogP contribution in [0.4, 0.5) is 8.78 Å². The van der Waals surface area contributed by atoms with Gasteiger partial charge in [0.15, 0.2) is 5.82 Å². The molecule has 0 saturated heterocycles. The van der Waals surface area contributed by atoms with Crippen LogP contribution in [0.5, 0.6) is 0 Å². The lowest BCUT2D eigenvalue weighted by Gasteiger charge is -2.13. The van der Waals surface area contributed by atoms with Gasteiger partial charge in [0.2, 0.25) is 0 Å². The molecule has 102 valence electrons. The average Bonchev–Trinajstić information content (AvgIpc) is 2.88. The fraction of sp³-hybridized carbons (Fsp3) is 0.364. The van der Waals surface area contributed by atoms with Crippen LogP contribution >= 0.6 is 0 Å². The van der Waals surface area contributed by atoms with Gasteiger partial charge in [-0.2, -0.15) is 4.68 Å². The van der Waals surface area contributed by atoms with Crippen LogP contribution in [0.2, 0.25) is 0 Å². The Morgan fingerprint density at radius 2 is 2.00 bits per heavy atom. The van der Waals surface area contributed by atoms with Gasteiger partial charge in [0.25, 0.3) is 5.92 Å². The molecule has 8 heteroatoms. The molecule has 0 saturated carbocycles. The number of nitrogens with zero attached hydrogens (tertiary/aromatic N) is 4. The minimum Gasteiger partial charge on any atom is -0.390 e. The summed E-state index contributed by atoms with van der Waals surface area (Å²) in [6.45, 7) is -1.74. The smallest absolute Gasteiger partial charge is 0.282 e. The predicted octanol–water partition coefficient (Wildman–Crippen LogP) is 0.379. The highest BCUT2D eigenvalue weighted by atomic mass is 19.3. The third-order valence-corrected chi connectivity index (χ3v) is 2.43. The Labute approximate surface area is 108 Å². The fourth-order valence-corrected chi connectivity index (χ4v) is 1.50. The zero-order valence-electron chi connectivity index (χ0n) is 10.0. The summed E-state index contributed by atoms with van der Waals surface area (Å²) in [6.07, 6.45) is 0. The van der Waals surface area contributed by atoms with Crippen LogP contribution in [-0.2, 0) is 6.54 Å². The van der Waals surface area contributed by atoms with E-state index in [2.05, 4.69) is 20.8 Å². The first-order valence-electron chi connectivity index (χ1n) is 5.64. The topological polar surface area (TPSA) is 75.9 Å². The van der Waals surface area contributed by atoms with E-state index < -0.39 is 19.1 Å². The van der Waals surface area contributed by atoms with Crippen LogP contribution in [0.25, 0.3) is 5.69 Å². The number of nitrogens with one attached hydrogen (secondary N) is 1. The van der Waals surface area contributed by atoms with Gasteiger partial charge in [-0.1, -0.05) is 18.2 Å². The molecule has 0 spiro atoms. The zero-order valence-corrected chi connectivity index (χ0v) is 10.0. The number of hydrogen-bond acceptors (Lipinski definition) is 5. The standard InChI is InChI=1S/C11H13F2N5O/c12-11(13,8-19)7-14-6-10-15-16-17-18(10)9-4-2-1-3-5-9/h1-5,14,19H,6-8H2. The quantitative estimate of drug-likeness (QED) is 0.793. The molecular formula is C11H13F2N5O. The van der Waals surface area contributed by atoms with E-state index in [1.165, 1.54) is 4.68 Å². The van der Waals surface area contributed by atoms with Gasteiger partial charge in [-0.05, 0) is 22.6 Å². The van der Waals surface area contributed by atoms with Crippen LogP contribution in [-0.4, -0.2) is 44.4 Å². The van der Waals surface area contributed by atoms with Gasteiger partial charge in [0.1, 0.15) is 6.61 Å². The molecular weight excluding hydrogens is 256 g/mol. The van der Waals surface area contributed by atoms with E-state index in [0.29, 0.717) is 5.82 Å². The normalized spacial score (nSPS) is 11.7. The summed E-state index contributed by atoms with van der Waals surface area (Å²) in [7, 11) is 0. The Kier molecular flexibility index (Phi) is 4.13. The van der Waals surface area contributed by atoms with Gasteiger partial charge in [-0.15, -0.1) is 5.10 Å². The van der Waals surface area contributed by atoms with Crippen molar-refractivity contribution in [2.24, 2.45) is 0 Å². The highest BCUT2D eigenvalue weighted by Gasteiger charge is 2.27. The van der Waals surface area contributed by atoms with Crippen molar-refractivity contribution in [3.05, 3.63) is 36.2 Å². The van der Waals surface area contributed by atoms with E-state index in [1.807, 2.05) is 30.3 Å². The van der Waals surface area contributed by atoms with Crippen molar-refractivity contribution in [3.8, 4) is 5.69 Å². The fourth-order valence-electron chi connectivity index (χ4n) is 1.50. The van der Waals surface area contributed by atoms with Crippen LogP contribution in [0.1, 0.15) is 5.82 Å². The number of tetrazole rings is 1. The van der Waals surface area contributed by atoms with Gasteiger partial charge < -0.3 is 10.4 Å². The Morgan fingerprint density at radius 1 is 1.26 bits per heavy atom. The minimum absolute atomic E-state index is 0.0808. The number of aromatic nitrogens is 4. The number of halogens is 2. The van der Waals surface area contributed by atoms with Gasteiger partial charge >= 0.3 is 0 Å². The third-order valence-electron chi connectivity index (χ3n) is 2.43. The molecule has 0 bridgehead atoms. The van der Waals surface area contributed by atoms with Crippen molar-refractivity contribution >= 4 is 0 Å². The number of aliphatic hydroxyl groups excluding tert-OH is 1. The summed E-state index contributed by atoms with van der Waals surface area (Å²) in [5.74, 6) is -2.73. The number of hydrogen-bond donors (Lipinski definition) is 2. The second-order valence-electron chi connectivity index (χ2n) is 3.96. The zero-order chi connectivity index (χ0) is 13.7. The van der Waals surface area contributed by atoms with E-state index >= 15 is 0 Å². The summed E-state index contributed by atoms with van der Waals surface area (Å²) in [5, 5.41) is 22.1. The third kappa shape index (κ3) is 3.52. The lowest BCUT2D eigenvalue weighted by Crippen LogP contribution is -2.36. The molecule has 0 unspecified atom stereocenters. The summed E-state index contributed by atoms with van der Waals surface area (Å²) < 4.78 is 27.1. The van der Waals surface area contributed by atoms with Crippen LogP contribution in [0.15, 0.2) is 30.3 Å². The number of para-hydroxylation sites is 1. The summed E-state index contributed by atoms with van der Waals surface area (Å²) in [5.41, 5.74) is 0.748. The van der Waals surface area contributed by atoms with Crippen molar-refractivity contribution < 1.29 is 13.9 Å². The molecule has 1 aromatic heterocycles. The van der Waals surface area contributed by atoms with Crippen molar-refractivity contribution in [1.29, 1.82) is 0 Å². The van der Waals surface area contributed by atoms with Gasteiger partial charge in [0, 0.05) is 0 Å². The van der Waals surface area contributed by atoms with Crippen LogP contribution in [0.3, 0.4) is 0 Å². The number of benzene rings is 1. The lowest BCUT2D eigenvalue weighted by molar-refractivity contribution is -0.0478. The molecule has 19 heavy (non-hydrogen) atoms. The molecule has 0 aliphatic carbocycles. The number of alkyl halides is 2. The predicted molar refractivity (Wildman–Crippen MR) is 62.9 cm³/mol. The van der Waals surface area contributed by atoms with E-state index in [9.17, 15) is 8.78 Å². The molecule has 0 aliphatic heterocycles. The van der Waals surface area contributed by atoms with E-state index in [-0.39, 0.29) is 6.54 Å². The molecule has 0 amide bonds. The summed E-state index contributed by atoms with van der Waals surface area (Å²) in [4.78, 5) is 0. The molecule has 2 rings (SSSR count). The summed E-state index contributed by atoms with van der Waals surface area (Å²) >= 11 is 0. The van der Waals surface area contributed by atoms with Gasteiger partial charge in [-0.3, -0.25) is 0 Å². The lowest BCUT2D eigenvalue weighted by atomic mass is 10.3. The Balaban J connectivity index is 2.01. The number of aliphatic hydroxyl groups is 1. The van der Waals surface area contributed by atoms with E-state index in [4.69, 9.17) is 5.11 Å². The molecule has 0 fully saturated rings. The molecule has 0 radical (unpaired) electrons. The SMILES string of the molecule is OCC(F)(F)CNCc1nnnn1-c1ccccc1. The van der Waals surface area contributed by atoms with Crippen LogP contribution in [0, 0.1) is 0 Å². The molecule has 0 aliphatic rings. The monoisotopic (exact) mass is 269 g/mol. The highest BCUT2D eigenvalue weighted by molar-refractivity contribution is 5.30.